The molecule has 0 radical (unpaired) electrons. The number of sulfonamides is 1. The highest BCUT2D eigenvalue weighted by molar-refractivity contribution is 7.89. The molecular formula is C19H27N5O3S2. The van der Waals surface area contributed by atoms with Crippen LogP contribution in [0.5, 0.6) is 0 Å². The summed E-state index contributed by atoms with van der Waals surface area (Å²) in [5, 5.41) is 6.84. The number of aromatic nitrogens is 1. The molecule has 1 aromatic heterocycles. The highest BCUT2D eigenvalue weighted by Gasteiger charge is 2.27. The van der Waals surface area contributed by atoms with Crippen LogP contribution >= 0.6 is 11.3 Å². The van der Waals surface area contributed by atoms with Crippen LogP contribution in [0.2, 0.25) is 0 Å². The van der Waals surface area contributed by atoms with Gasteiger partial charge in [0.15, 0.2) is 5.13 Å². The minimum Gasteiger partial charge on any atom is -0.346 e. The van der Waals surface area contributed by atoms with Crippen molar-refractivity contribution in [3.8, 4) is 10.4 Å². The van der Waals surface area contributed by atoms with Crippen LogP contribution in [-0.2, 0) is 14.8 Å². The average molecular weight is 438 g/mol. The van der Waals surface area contributed by atoms with Gasteiger partial charge in [0.2, 0.25) is 15.9 Å². The smallest absolute Gasteiger partial charge is 0.241 e. The van der Waals surface area contributed by atoms with Crippen molar-refractivity contribution in [3.63, 3.8) is 0 Å². The Hall–Kier alpha value is -2.01. The summed E-state index contributed by atoms with van der Waals surface area (Å²) in [6, 6.07) is 4.92. The number of anilines is 2. The van der Waals surface area contributed by atoms with Gasteiger partial charge < -0.3 is 15.5 Å². The van der Waals surface area contributed by atoms with Crippen molar-refractivity contribution in [2.75, 3.05) is 36.4 Å². The van der Waals surface area contributed by atoms with Crippen molar-refractivity contribution in [3.05, 3.63) is 24.4 Å². The predicted octanol–water partition coefficient (Wildman–Crippen LogP) is 2.25. The van der Waals surface area contributed by atoms with Gasteiger partial charge in [-0.25, -0.2) is 18.1 Å². The van der Waals surface area contributed by atoms with Gasteiger partial charge in [-0.1, -0.05) is 17.4 Å². The number of piperazine rings is 1. The average Bonchev–Trinajstić information content (AvgIpc) is 3.10. The summed E-state index contributed by atoms with van der Waals surface area (Å²) in [5.74, 6) is -0.260. The normalized spacial score (nSPS) is 15.4. The van der Waals surface area contributed by atoms with E-state index in [0.717, 1.165) is 36.2 Å². The number of carbonyl (C=O) groups is 1. The Labute approximate surface area is 175 Å². The second kappa shape index (κ2) is 8.39. The van der Waals surface area contributed by atoms with Gasteiger partial charge in [-0.2, -0.15) is 0 Å². The standard InChI is InChI=1S/C19H27N5O3S2/c1-13(25)22-14-5-6-15(17(11-14)29(26,27)23-19(2,3)4)16-12-21-18(28-16)24-9-7-20-8-10-24/h5-6,11-12,20,23H,7-10H2,1-4H3,(H,22,25). The lowest BCUT2D eigenvalue weighted by molar-refractivity contribution is -0.114. The molecule has 0 bridgehead atoms. The zero-order valence-corrected chi connectivity index (χ0v) is 18.7. The number of benzene rings is 1. The van der Waals surface area contributed by atoms with Crippen LogP contribution in [0.15, 0.2) is 29.3 Å². The number of nitrogens with zero attached hydrogens (tertiary/aromatic N) is 2. The molecule has 2 heterocycles. The Bertz CT molecular complexity index is 990. The molecule has 3 rings (SSSR count). The SMILES string of the molecule is CC(=O)Nc1ccc(-c2cnc(N3CCNCC3)s2)c(S(=O)(=O)NC(C)(C)C)c1. The van der Waals surface area contributed by atoms with Crippen molar-refractivity contribution in [2.24, 2.45) is 0 Å². The van der Waals surface area contributed by atoms with Crippen LogP contribution < -0.4 is 20.3 Å². The number of amides is 1. The fourth-order valence-corrected chi connectivity index (χ4v) is 5.82. The van der Waals surface area contributed by atoms with Gasteiger partial charge in [0.25, 0.3) is 0 Å². The third-order valence-corrected chi connectivity index (χ3v) is 7.07. The Kier molecular flexibility index (Phi) is 6.27. The molecule has 0 saturated carbocycles. The summed E-state index contributed by atoms with van der Waals surface area (Å²) < 4.78 is 29.0. The lowest BCUT2D eigenvalue weighted by atomic mass is 10.1. The lowest BCUT2D eigenvalue weighted by Crippen LogP contribution is -2.43. The van der Waals surface area contributed by atoms with Gasteiger partial charge in [0.05, 0.1) is 9.77 Å². The summed E-state index contributed by atoms with van der Waals surface area (Å²) in [5.41, 5.74) is 0.358. The van der Waals surface area contributed by atoms with Crippen LogP contribution in [-0.4, -0.2) is 51.0 Å². The monoisotopic (exact) mass is 437 g/mol. The lowest BCUT2D eigenvalue weighted by Gasteiger charge is -2.26. The molecule has 1 aliphatic heterocycles. The maximum Gasteiger partial charge on any atom is 0.241 e. The second-order valence-corrected chi connectivity index (χ2v) is 10.7. The molecule has 1 fully saturated rings. The molecule has 3 N–H and O–H groups in total. The zero-order chi connectivity index (χ0) is 21.2. The fourth-order valence-electron chi connectivity index (χ4n) is 3.08. The van der Waals surface area contributed by atoms with E-state index in [1.807, 2.05) is 0 Å². The van der Waals surface area contributed by atoms with Crippen molar-refractivity contribution in [1.29, 1.82) is 0 Å². The Balaban J connectivity index is 2.03. The van der Waals surface area contributed by atoms with Crippen molar-refractivity contribution in [2.45, 2.75) is 38.1 Å². The first-order chi connectivity index (χ1) is 13.5. The Morgan fingerprint density at radius 1 is 1.24 bits per heavy atom. The van der Waals surface area contributed by atoms with Gasteiger partial charge in [-0.05, 0) is 32.9 Å². The molecule has 0 unspecified atom stereocenters. The van der Waals surface area contributed by atoms with E-state index in [-0.39, 0.29) is 10.8 Å². The third-order valence-electron chi connectivity index (χ3n) is 4.18. The van der Waals surface area contributed by atoms with E-state index in [2.05, 4.69) is 25.2 Å². The highest BCUT2D eigenvalue weighted by atomic mass is 32.2. The van der Waals surface area contributed by atoms with Crippen LogP contribution in [0.25, 0.3) is 10.4 Å². The first-order valence-electron chi connectivity index (χ1n) is 9.43. The van der Waals surface area contributed by atoms with E-state index in [1.54, 1.807) is 39.1 Å². The zero-order valence-electron chi connectivity index (χ0n) is 17.1. The van der Waals surface area contributed by atoms with Gasteiger partial charge >= 0.3 is 0 Å². The molecule has 1 aliphatic rings. The maximum absolute atomic E-state index is 13.1. The summed E-state index contributed by atoms with van der Waals surface area (Å²) in [7, 11) is -3.82. The van der Waals surface area contributed by atoms with Crippen LogP contribution in [0.1, 0.15) is 27.7 Å². The number of hydrogen-bond donors (Lipinski definition) is 3. The quantitative estimate of drug-likeness (QED) is 0.663. The van der Waals surface area contributed by atoms with Crippen molar-refractivity contribution in [1.82, 2.24) is 15.0 Å². The predicted molar refractivity (Wildman–Crippen MR) is 117 cm³/mol. The van der Waals surface area contributed by atoms with Gasteiger partial charge in [0, 0.05) is 56.1 Å². The summed E-state index contributed by atoms with van der Waals surface area (Å²) in [6.07, 6.45) is 1.71. The largest absolute Gasteiger partial charge is 0.346 e. The van der Waals surface area contributed by atoms with E-state index in [4.69, 9.17) is 0 Å². The first-order valence-corrected chi connectivity index (χ1v) is 11.7. The molecule has 0 spiro atoms. The number of nitrogens with one attached hydrogen (secondary N) is 3. The van der Waals surface area contributed by atoms with E-state index in [0.29, 0.717) is 11.3 Å². The minimum atomic E-state index is -3.82. The van der Waals surface area contributed by atoms with E-state index >= 15 is 0 Å². The molecular weight excluding hydrogens is 410 g/mol. The molecule has 0 atom stereocenters. The summed E-state index contributed by atoms with van der Waals surface area (Å²) in [6.45, 7) is 10.3. The van der Waals surface area contributed by atoms with Crippen LogP contribution in [0.4, 0.5) is 10.8 Å². The molecule has 2 aromatic rings. The van der Waals surface area contributed by atoms with E-state index in [9.17, 15) is 13.2 Å². The van der Waals surface area contributed by atoms with Gasteiger partial charge in [-0.3, -0.25) is 4.79 Å². The van der Waals surface area contributed by atoms with Gasteiger partial charge in [-0.15, -0.1) is 0 Å². The molecule has 0 aliphatic carbocycles. The van der Waals surface area contributed by atoms with Crippen molar-refractivity contribution >= 4 is 38.1 Å². The highest BCUT2D eigenvalue weighted by Crippen LogP contribution is 2.36. The molecule has 8 nitrogen and oxygen atoms in total. The second-order valence-electron chi connectivity index (χ2n) is 7.99. The Morgan fingerprint density at radius 3 is 2.55 bits per heavy atom. The summed E-state index contributed by atoms with van der Waals surface area (Å²) in [4.78, 5) is 19.0. The maximum atomic E-state index is 13.1. The van der Waals surface area contributed by atoms with E-state index in [1.165, 1.54) is 24.3 Å². The minimum absolute atomic E-state index is 0.120. The topological polar surface area (TPSA) is 103 Å². The first kappa shape index (κ1) is 21.7. The van der Waals surface area contributed by atoms with Crippen molar-refractivity contribution < 1.29 is 13.2 Å². The molecule has 1 amide bonds. The number of hydrogen-bond acceptors (Lipinski definition) is 7. The molecule has 1 aromatic carbocycles. The molecule has 158 valence electrons. The molecule has 10 heteroatoms. The number of rotatable bonds is 5. The Morgan fingerprint density at radius 2 is 1.93 bits per heavy atom. The summed E-state index contributed by atoms with van der Waals surface area (Å²) >= 11 is 1.47. The van der Waals surface area contributed by atoms with E-state index < -0.39 is 15.6 Å². The number of carbonyl (C=O) groups excluding carboxylic acids is 1. The van der Waals surface area contributed by atoms with Gasteiger partial charge in [0.1, 0.15) is 0 Å². The van der Waals surface area contributed by atoms with Crippen LogP contribution in [0.3, 0.4) is 0 Å². The molecule has 29 heavy (non-hydrogen) atoms. The fraction of sp³-hybridized carbons (Fsp3) is 0.474. The molecule has 1 saturated heterocycles. The van der Waals surface area contributed by atoms with Crippen LogP contribution in [0, 0.1) is 0 Å². The third kappa shape index (κ3) is 5.53. The number of thiazole rings is 1.